The summed E-state index contributed by atoms with van der Waals surface area (Å²) in [5, 5.41) is 21.0. The van der Waals surface area contributed by atoms with Crippen LogP contribution in [0.1, 0.15) is 11.3 Å². The zero-order valence-corrected chi connectivity index (χ0v) is 13.0. The van der Waals surface area contributed by atoms with Gasteiger partial charge in [0.2, 0.25) is 0 Å². The van der Waals surface area contributed by atoms with E-state index >= 15 is 0 Å². The maximum Gasteiger partial charge on any atom is 0.362 e. The van der Waals surface area contributed by atoms with E-state index in [1.54, 1.807) is 24.3 Å². The molecular weight excluding hydrogens is 328 g/mol. The third-order valence-corrected chi connectivity index (χ3v) is 3.45. The fraction of sp³-hybridized carbons (Fsp3) is 0.0588. The minimum Gasteiger partial charge on any atom is -0.507 e. The highest BCUT2D eigenvalue weighted by Crippen LogP contribution is 2.21. The number of hydrogen-bond acceptors (Lipinski definition) is 7. The lowest BCUT2D eigenvalue weighted by Gasteiger charge is -2.04. The van der Waals surface area contributed by atoms with Gasteiger partial charge in [-0.15, -0.1) is 0 Å². The van der Waals surface area contributed by atoms with Crippen LogP contribution in [0.5, 0.6) is 5.75 Å². The zero-order chi connectivity index (χ0) is 18.0. The van der Waals surface area contributed by atoms with Crippen molar-refractivity contribution in [2.75, 3.05) is 7.11 Å². The predicted octanol–water partition coefficient (Wildman–Crippen LogP) is 3.16. The second-order valence-corrected chi connectivity index (χ2v) is 5.06. The Hall–Kier alpha value is -3.68. The van der Waals surface area contributed by atoms with E-state index in [-0.39, 0.29) is 28.2 Å². The summed E-state index contributed by atoms with van der Waals surface area (Å²) in [7, 11) is 1.50. The monoisotopic (exact) mass is 340 g/mol. The van der Waals surface area contributed by atoms with Crippen molar-refractivity contribution >= 4 is 28.6 Å². The Balaban J connectivity index is 2.06. The summed E-state index contributed by atoms with van der Waals surface area (Å²) in [5.41, 5.74) is -0.458. The second-order valence-electron chi connectivity index (χ2n) is 5.06. The number of ether oxygens (including phenoxy) is 1. The molecule has 0 atom stereocenters. The molecule has 0 amide bonds. The molecule has 8 nitrogen and oxygen atoms in total. The van der Waals surface area contributed by atoms with E-state index in [4.69, 9.17) is 9.15 Å². The maximum atomic E-state index is 12.0. The van der Waals surface area contributed by atoms with Crippen molar-refractivity contribution in [3.05, 3.63) is 74.3 Å². The first-order valence-corrected chi connectivity index (χ1v) is 7.12. The van der Waals surface area contributed by atoms with Crippen molar-refractivity contribution < 1.29 is 19.2 Å². The van der Waals surface area contributed by atoms with E-state index < -0.39 is 10.5 Å². The molecule has 0 saturated heterocycles. The lowest BCUT2D eigenvalue weighted by Crippen LogP contribution is -2.06. The van der Waals surface area contributed by atoms with Gasteiger partial charge in [0, 0.05) is 17.7 Å². The number of non-ortho nitro benzene ring substituents is 1. The second kappa shape index (κ2) is 6.44. The standard InChI is InChI=1S/C17H12N2O6/c1-24-12-4-2-3-10(7-12)15(20)9-14-17(21)25-16-8-11(19(22)23)5-6-13(16)18-14/h2-9,20H,1H3/b15-9-. The minimum absolute atomic E-state index is 0.00257. The molecule has 0 bridgehead atoms. The van der Waals surface area contributed by atoms with E-state index in [1.807, 2.05) is 0 Å². The minimum atomic E-state index is -0.817. The summed E-state index contributed by atoms with van der Waals surface area (Å²) in [4.78, 5) is 26.3. The van der Waals surface area contributed by atoms with Gasteiger partial charge < -0.3 is 14.3 Å². The summed E-state index contributed by atoms with van der Waals surface area (Å²) in [6.07, 6.45) is 1.17. The van der Waals surface area contributed by atoms with Crippen molar-refractivity contribution in [2.45, 2.75) is 0 Å². The van der Waals surface area contributed by atoms with Gasteiger partial charge in [-0.2, -0.15) is 0 Å². The van der Waals surface area contributed by atoms with Gasteiger partial charge in [-0.05, 0) is 18.2 Å². The molecule has 0 unspecified atom stereocenters. The molecule has 1 aromatic heterocycles. The average molecular weight is 340 g/mol. The fourth-order valence-corrected chi connectivity index (χ4v) is 2.20. The summed E-state index contributed by atoms with van der Waals surface area (Å²) in [5.74, 6) is 0.350. The van der Waals surface area contributed by atoms with Gasteiger partial charge in [-0.1, -0.05) is 12.1 Å². The van der Waals surface area contributed by atoms with Crippen LogP contribution in [0.4, 0.5) is 5.69 Å². The highest BCUT2D eigenvalue weighted by molar-refractivity contribution is 5.79. The summed E-state index contributed by atoms with van der Waals surface area (Å²) >= 11 is 0. The quantitative estimate of drug-likeness (QED) is 0.440. The Kier molecular flexibility index (Phi) is 4.17. The molecule has 0 spiro atoms. The van der Waals surface area contributed by atoms with Crippen molar-refractivity contribution in [3.63, 3.8) is 0 Å². The number of methoxy groups -OCH3 is 1. The molecule has 8 heteroatoms. The first-order chi connectivity index (χ1) is 12.0. The maximum absolute atomic E-state index is 12.0. The number of nitro benzene ring substituents is 1. The van der Waals surface area contributed by atoms with Gasteiger partial charge in [0.1, 0.15) is 17.0 Å². The van der Waals surface area contributed by atoms with E-state index in [1.165, 1.54) is 25.3 Å². The highest BCUT2D eigenvalue weighted by Gasteiger charge is 2.12. The van der Waals surface area contributed by atoms with Gasteiger partial charge in [0.15, 0.2) is 11.3 Å². The first-order valence-electron chi connectivity index (χ1n) is 7.12. The van der Waals surface area contributed by atoms with Gasteiger partial charge in [-0.3, -0.25) is 10.1 Å². The Morgan fingerprint density at radius 2 is 2.12 bits per heavy atom. The lowest BCUT2D eigenvalue weighted by molar-refractivity contribution is -0.384. The van der Waals surface area contributed by atoms with Gasteiger partial charge in [0.25, 0.3) is 5.69 Å². The van der Waals surface area contributed by atoms with Crippen LogP contribution in [0, 0.1) is 10.1 Å². The van der Waals surface area contributed by atoms with Crippen molar-refractivity contribution in [1.29, 1.82) is 0 Å². The van der Waals surface area contributed by atoms with E-state index in [0.717, 1.165) is 6.07 Å². The first kappa shape index (κ1) is 16.2. The fourth-order valence-electron chi connectivity index (χ4n) is 2.20. The number of rotatable bonds is 4. The Morgan fingerprint density at radius 3 is 2.84 bits per heavy atom. The summed E-state index contributed by atoms with van der Waals surface area (Å²) in [6, 6.07) is 10.4. The van der Waals surface area contributed by atoms with Gasteiger partial charge >= 0.3 is 5.63 Å². The third kappa shape index (κ3) is 3.32. The molecule has 0 saturated carbocycles. The van der Waals surface area contributed by atoms with Crippen LogP contribution >= 0.6 is 0 Å². The van der Waals surface area contributed by atoms with Crippen LogP contribution in [-0.2, 0) is 0 Å². The Bertz CT molecular complexity index is 1050. The summed E-state index contributed by atoms with van der Waals surface area (Å²) in [6.45, 7) is 0. The molecule has 0 aliphatic rings. The third-order valence-electron chi connectivity index (χ3n) is 3.45. The van der Waals surface area contributed by atoms with Crippen LogP contribution < -0.4 is 10.4 Å². The van der Waals surface area contributed by atoms with Crippen molar-refractivity contribution in [3.8, 4) is 5.75 Å². The molecule has 1 heterocycles. The summed E-state index contributed by atoms with van der Waals surface area (Å²) < 4.78 is 10.1. The number of hydrogen-bond donors (Lipinski definition) is 1. The van der Waals surface area contributed by atoms with Gasteiger partial charge in [0.05, 0.1) is 18.1 Å². The predicted molar refractivity (Wildman–Crippen MR) is 90.4 cm³/mol. The van der Waals surface area contributed by atoms with Crippen LogP contribution in [-0.4, -0.2) is 22.1 Å². The van der Waals surface area contributed by atoms with Crippen LogP contribution in [0.3, 0.4) is 0 Å². The molecule has 126 valence electrons. The van der Waals surface area contributed by atoms with Crippen molar-refractivity contribution in [2.24, 2.45) is 0 Å². The highest BCUT2D eigenvalue weighted by atomic mass is 16.6. The molecular formula is C17H12N2O6. The molecule has 1 N–H and O–H groups in total. The SMILES string of the molecule is COc1cccc(/C(O)=C/c2nc3ccc([N+](=O)[O-])cc3oc2=O)c1. The molecule has 0 aliphatic heterocycles. The van der Waals surface area contributed by atoms with Crippen LogP contribution in [0.2, 0.25) is 0 Å². The lowest BCUT2D eigenvalue weighted by atomic mass is 10.1. The number of nitro groups is 1. The number of aliphatic hydroxyl groups excluding tert-OH is 1. The number of aliphatic hydroxyl groups is 1. The van der Waals surface area contributed by atoms with Gasteiger partial charge in [-0.25, -0.2) is 9.78 Å². The number of nitrogens with zero attached hydrogens (tertiary/aromatic N) is 2. The number of aromatic nitrogens is 1. The molecule has 0 aliphatic carbocycles. The van der Waals surface area contributed by atoms with E-state index in [0.29, 0.717) is 11.3 Å². The van der Waals surface area contributed by atoms with E-state index in [9.17, 15) is 20.0 Å². The normalized spacial score (nSPS) is 11.5. The smallest absolute Gasteiger partial charge is 0.362 e. The topological polar surface area (TPSA) is 116 Å². The van der Waals surface area contributed by atoms with Crippen molar-refractivity contribution in [1.82, 2.24) is 4.98 Å². The van der Waals surface area contributed by atoms with Crippen LogP contribution in [0.15, 0.2) is 51.7 Å². The number of benzene rings is 2. The molecule has 25 heavy (non-hydrogen) atoms. The number of fused-ring (bicyclic) bond motifs is 1. The molecule has 0 fully saturated rings. The largest absolute Gasteiger partial charge is 0.507 e. The Morgan fingerprint density at radius 1 is 1.32 bits per heavy atom. The zero-order valence-electron chi connectivity index (χ0n) is 13.0. The average Bonchev–Trinajstić information content (AvgIpc) is 2.61. The Labute approximate surface area is 140 Å². The van der Waals surface area contributed by atoms with E-state index in [2.05, 4.69) is 4.98 Å². The molecule has 0 radical (unpaired) electrons. The molecule has 3 rings (SSSR count). The molecule has 2 aromatic carbocycles. The molecule has 3 aromatic rings. The van der Waals surface area contributed by atoms with Crippen LogP contribution in [0.25, 0.3) is 22.9 Å².